The second kappa shape index (κ2) is 6.79. The Morgan fingerprint density at radius 1 is 1.54 bits per heavy atom. The number of aryl methyl sites for hydroxylation is 1. The number of nitrogens with one attached hydrogen (secondary N) is 1. The number of aromatic nitrogens is 4. The number of carbonyl (C=O) groups excluding carboxylic acids is 1. The van der Waals surface area contributed by atoms with Gasteiger partial charge in [-0.2, -0.15) is 10.2 Å². The molecule has 2 heterocycles. The zero-order valence-electron chi connectivity index (χ0n) is 12.8. The number of alkyl halides is 2. The highest BCUT2D eigenvalue weighted by atomic mass is 79.9. The molecule has 2 aromatic heterocycles. The summed E-state index contributed by atoms with van der Waals surface area (Å²) >= 11 is 9.38. The fraction of sp³-hybridized carbons (Fsp3) is 0.500. The highest BCUT2D eigenvalue weighted by Crippen LogP contribution is 2.45. The van der Waals surface area contributed by atoms with Crippen molar-refractivity contribution in [3.63, 3.8) is 0 Å². The zero-order chi connectivity index (χ0) is 17.4. The summed E-state index contributed by atoms with van der Waals surface area (Å²) in [6.45, 7) is 0.124. The van der Waals surface area contributed by atoms with Crippen LogP contribution in [-0.2, 0) is 24.9 Å². The summed E-state index contributed by atoms with van der Waals surface area (Å²) in [4.78, 5) is 12.2. The van der Waals surface area contributed by atoms with E-state index in [9.17, 15) is 13.6 Å². The third kappa shape index (κ3) is 3.46. The second-order valence-corrected chi connectivity index (χ2v) is 6.89. The molecule has 0 aromatic carbocycles. The number of amides is 1. The van der Waals surface area contributed by atoms with Crippen LogP contribution < -0.4 is 5.32 Å². The van der Waals surface area contributed by atoms with Crippen LogP contribution in [0.3, 0.4) is 0 Å². The number of nitrogens with zero attached hydrogens (tertiary/aromatic N) is 4. The average molecular weight is 423 g/mol. The monoisotopic (exact) mass is 421 g/mol. The largest absolute Gasteiger partial charge is 0.349 e. The smallest absolute Gasteiger partial charge is 0.283 e. The molecule has 130 valence electrons. The maximum Gasteiger partial charge on any atom is 0.283 e. The molecule has 1 N–H and O–H groups in total. The Morgan fingerprint density at radius 3 is 2.79 bits per heavy atom. The Morgan fingerprint density at radius 2 is 2.25 bits per heavy atom. The molecule has 6 nitrogen and oxygen atoms in total. The van der Waals surface area contributed by atoms with Crippen molar-refractivity contribution in [1.82, 2.24) is 24.9 Å². The quantitative estimate of drug-likeness (QED) is 0.778. The van der Waals surface area contributed by atoms with Gasteiger partial charge in [-0.05, 0) is 28.8 Å². The van der Waals surface area contributed by atoms with Crippen LogP contribution in [0.15, 0.2) is 10.7 Å². The van der Waals surface area contributed by atoms with E-state index in [2.05, 4.69) is 31.4 Å². The van der Waals surface area contributed by atoms with Crippen LogP contribution >= 0.6 is 27.5 Å². The molecule has 0 unspecified atom stereocenters. The molecule has 1 saturated carbocycles. The van der Waals surface area contributed by atoms with Gasteiger partial charge in [-0.25, -0.2) is 8.78 Å². The lowest BCUT2D eigenvalue weighted by atomic mass is 10.2. The lowest BCUT2D eigenvalue weighted by Gasteiger charge is -2.09. The minimum Gasteiger partial charge on any atom is -0.349 e. The molecule has 0 radical (unpaired) electrons. The minimum atomic E-state index is -2.76. The van der Waals surface area contributed by atoms with Gasteiger partial charge in [0.1, 0.15) is 12.2 Å². The minimum absolute atomic E-state index is 0.0188. The highest BCUT2D eigenvalue weighted by Gasteiger charge is 2.34. The molecular weight excluding hydrogens is 408 g/mol. The van der Waals surface area contributed by atoms with Gasteiger partial charge in [0.15, 0.2) is 0 Å². The van der Waals surface area contributed by atoms with E-state index in [4.69, 9.17) is 11.6 Å². The van der Waals surface area contributed by atoms with Gasteiger partial charge < -0.3 is 5.32 Å². The Kier molecular flexibility index (Phi) is 4.91. The first-order valence-corrected chi connectivity index (χ1v) is 8.53. The summed E-state index contributed by atoms with van der Waals surface area (Å²) < 4.78 is 29.7. The summed E-state index contributed by atoms with van der Waals surface area (Å²) in [5, 5.41) is 10.6. The van der Waals surface area contributed by atoms with Crippen molar-refractivity contribution in [3.8, 4) is 0 Å². The lowest BCUT2D eigenvalue weighted by Crippen LogP contribution is -2.29. The number of carbonyl (C=O) groups is 1. The molecule has 0 spiro atoms. The van der Waals surface area contributed by atoms with Gasteiger partial charge >= 0.3 is 0 Å². The Labute approximate surface area is 150 Å². The zero-order valence-corrected chi connectivity index (χ0v) is 15.1. The van der Waals surface area contributed by atoms with Crippen molar-refractivity contribution in [2.45, 2.75) is 38.3 Å². The van der Waals surface area contributed by atoms with Crippen LogP contribution in [0.2, 0.25) is 5.02 Å². The summed E-state index contributed by atoms with van der Waals surface area (Å²) in [6, 6.07) is 0. The molecule has 1 amide bonds. The topological polar surface area (TPSA) is 64.7 Å². The Bertz CT molecular complexity index is 752. The molecular formula is C14H15BrClF2N5O. The Hall–Kier alpha value is -1.48. The third-order valence-corrected chi connectivity index (χ3v) is 4.93. The molecule has 2 aromatic rings. The van der Waals surface area contributed by atoms with Crippen molar-refractivity contribution in [2.75, 3.05) is 0 Å². The van der Waals surface area contributed by atoms with Crippen LogP contribution in [0.25, 0.3) is 0 Å². The molecule has 1 aliphatic carbocycles. The van der Waals surface area contributed by atoms with Crippen molar-refractivity contribution >= 4 is 33.4 Å². The molecule has 1 aliphatic rings. The summed E-state index contributed by atoms with van der Waals surface area (Å²) in [6.07, 6.45) is 0.620. The van der Waals surface area contributed by atoms with Crippen LogP contribution in [0.4, 0.5) is 8.78 Å². The predicted molar refractivity (Wildman–Crippen MR) is 86.9 cm³/mol. The fourth-order valence-electron chi connectivity index (χ4n) is 2.49. The van der Waals surface area contributed by atoms with E-state index >= 15 is 0 Å². The number of hydrogen-bond donors (Lipinski definition) is 1. The van der Waals surface area contributed by atoms with Gasteiger partial charge in [-0.15, -0.1) is 0 Å². The van der Waals surface area contributed by atoms with Crippen LogP contribution in [0.5, 0.6) is 0 Å². The molecule has 0 aliphatic heterocycles. The van der Waals surface area contributed by atoms with Gasteiger partial charge in [0.2, 0.25) is 5.91 Å². The standard InChI is InChI=1S/C14H15BrClF2N5O/c1-22-9(8(15)4-20-22)5-19-10(24)6-23-13(7-2-3-7)11(16)12(21-23)14(17)18/h4,7,14H,2-3,5-6H2,1H3,(H,19,24). The Balaban J connectivity index is 1.71. The first-order chi connectivity index (χ1) is 11.4. The van der Waals surface area contributed by atoms with E-state index in [0.717, 1.165) is 23.0 Å². The molecule has 0 bridgehead atoms. The number of halogens is 4. The van der Waals surface area contributed by atoms with Crippen LogP contribution in [-0.4, -0.2) is 25.5 Å². The van der Waals surface area contributed by atoms with E-state index in [1.165, 1.54) is 4.68 Å². The molecule has 10 heteroatoms. The van der Waals surface area contributed by atoms with Crippen LogP contribution in [0, 0.1) is 0 Å². The molecule has 0 saturated heterocycles. The van der Waals surface area contributed by atoms with E-state index in [1.54, 1.807) is 17.9 Å². The molecule has 3 rings (SSSR count). The highest BCUT2D eigenvalue weighted by molar-refractivity contribution is 9.10. The maximum absolute atomic E-state index is 13.0. The molecule has 0 atom stereocenters. The first-order valence-electron chi connectivity index (χ1n) is 7.35. The van der Waals surface area contributed by atoms with Crippen molar-refractivity contribution in [2.24, 2.45) is 7.05 Å². The summed E-state index contributed by atoms with van der Waals surface area (Å²) in [5.41, 5.74) is 0.877. The SMILES string of the molecule is Cn1ncc(Br)c1CNC(=O)Cn1nc(C(F)F)c(Cl)c1C1CC1. The van der Waals surface area contributed by atoms with Crippen LogP contribution in [0.1, 0.15) is 42.3 Å². The second-order valence-electron chi connectivity index (χ2n) is 5.66. The average Bonchev–Trinajstić information content (AvgIpc) is 3.22. The lowest BCUT2D eigenvalue weighted by molar-refractivity contribution is -0.122. The van der Waals surface area contributed by atoms with Gasteiger partial charge in [0.25, 0.3) is 6.43 Å². The molecule has 1 fully saturated rings. The van der Waals surface area contributed by atoms with E-state index in [0.29, 0.717) is 5.69 Å². The maximum atomic E-state index is 13.0. The van der Waals surface area contributed by atoms with E-state index in [-0.39, 0.29) is 29.9 Å². The van der Waals surface area contributed by atoms with Gasteiger partial charge in [0, 0.05) is 13.0 Å². The van der Waals surface area contributed by atoms with Gasteiger partial charge in [-0.1, -0.05) is 11.6 Å². The van der Waals surface area contributed by atoms with Crippen molar-refractivity contribution in [3.05, 3.63) is 32.8 Å². The molecule has 24 heavy (non-hydrogen) atoms. The van der Waals surface area contributed by atoms with E-state index < -0.39 is 12.1 Å². The number of rotatable bonds is 6. The van der Waals surface area contributed by atoms with Crippen molar-refractivity contribution < 1.29 is 13.6 Å². The van der Waals surface area contributed by atoms with Gasteiger partial charge in [-0.3, -0.25) is 14.2 Å². The predicted octanol–water partition coefficient (Wildman–Crippen LogP) is 3.16. The first kappa shape index (κ1) is 17.3. The number of hydrogen-bond acceptors (Lipinski definition) is 3. The third-order valence-electron chi connectivity index (χ3n) is 3.88. The van der Waals surface area contributed by atoms with E-state index in [1.807, 2.05) is 0 Å². The summed E-state index contributed by atoms with van der Waals surface area (Å²) in [7, 11) is 1.76. The summed E-state index contributed by atoms with van der Waals surface area (Å²) in [5.74, 6) is -0.221. The van der Waals surface area contributed by atoms with Gasteiger partial charge in [0.05, 0.1) is 33.6 Å². The normalized spacial score (nSPS) is 14.4. The fourth-order valence-corrected chi connectivity index (χ4v) is 3.35. The van der Waals surface area contributed by atoms with Crippen molar-refractivity contribution in [1.29, 1.82) is 0 Å².